The van der Waals surface area contributed by atoms with Crippen LogP contribution in [0.25, 0.3) is 0 Å². The second-order valence-corrected chi connectivity index (χ2v) is 4.87. The second kappa shape index (κ2) is 4.99. The molecular weight excluding hydrogens is 158 g/mol. The van der Waals surface area contributed by atoms with Gasteiger partial charge < -0.3 is 5.32 Å². The molecule has 0 aromatic rings. The maximum Gasteiger partial charge on any atom is 0.00676 e. The van der Waals surface area contributed by atoms with Gasteiger partial charge in [-0.1, -0.05) is 32.1 Å². The molecule has 1 saturated heterocycles. The van der Waals surface area contributed by atoms with Crippen LogP contribution in [0.15, 0.2) is 0 Å². The highest BCUT2D eigenvalue weighted by atomic mass is 14.9. The van der Waals surface area contributed by atoms with E-state index < -0.39 is 0 Å². The molecule has 1 nitrogen and oxygen atoms in total. The molecule has 1 saturated carbocycles. The van der Waals surface area contributed by atoms with Gasteiger partial charge in [0, 0.05) is 6.04 Å². The van der Waals surface area contributed by atoms with Gasteiger partial charge in [-0.15, -0.1) is 0 Å². The summed E-state index contributed by atoms with van der Waals surface area (Å²) < 4.78 is 0. The molecule has 76 valence electrons. The Morgan fingerprint density at radius 1 is 0.846 bits per heavy atom. The van der Waals surface area contributed by atoms with Gasteiger partial charge in [-0.3, -0.25) is 0 Å². The third-order valence-corrected chi connectivity index (χ3v) is 3.81. The van der Waals surface area contributed by atoms with Crippen molar-refractivity contribution in [3.63, 3.8) is 0 Å². The molecule has 1 heterocycles. The van der Waals surface area contributed by atoms with Crippen molar-refractivity contribution in [2.24, 2.45) is 5.92 Å². The van der Waals surface area contributed by atoms with Gasteiger partial charge in [-0.05, 0) is 38.1 Å². The Morgan fingerprint density at radius 3 is 2.38 bits per heavy atom. The molecule has 1 N–H and O–H groups in total. The molecule has 1 aliphatic carbocycles. The highest BCUT2D eigenvalue weighted by Gasteiger charge is 2.18. The molecule has 0 radical (unpaired) electrons. The van der Waals surface area contributed by atoms with Crippen molar-refractivity contribution in [2.45, 2.75) is 63.8 Å². The Kier molecular flexibility index (Phi) is 3.65. The average Bonchev–Trinajstić information content (AvgIpc) is 2.69. The summed E-state index contributed by atoms with van der Waals surface area (Å²) >= 11 is 0. The van der Waals surface area contributed by atoms with Crippen LogP contribution in [0.4, 0.5) is 0 Å². The van der Waals surface area contributed by atoms with Crippen LogP contribution in [0.5, 0.6) is 0 Å². The first-order valence-electron chi connectivity index (χ1n) is 6.18. The maximum absolute atomic E-state index is 3.60. The van der Waals surface area contributed by atoms with E-state index in [0.29, 0.717) is 0 Å². The van der Waals surface area contributed by atoms with Gasteiger partial charge in [-0.25, -0.2) is 0 Å². The lowest BCUT2D eigenvalue weighted by Gasteiger charge is -2.22. The molecule has 13 heavy (non-hydrogen) atoms. The fraction of sp³-hybridized carbons (Fsp3) is 1.00. The summed E-state index contributed by atoms with van der Waals surface area (Å²) in [6.07, 6.45) is 13.3. The lowest BCUT2D eigenvalue weighted by Crippen LogP contribution is -2.22. The summed E-state index contributed by atoms with van der Waals surface area (Å²) in [5, 5.41) is 3.60. The van der Waals surface area contributed by atoms with Crippen molar-refractivity contribution in [1.82, 2.24) is 5.32 Å². The Balaban J connectivity index is 1.60. The van der Waals surface area contributed by atoms with Gasteiger partial charge >= 0.3 is 0 Å². The summed E-state index contributed by atoms with van der Waals surface area (Å²) in [4.78, 5) is 0. The maximum atomic E-state index is 3.60. The van der Waals surface area contributed by atoms with Crippen LogP contribution < -0.4 is 5.32 Å². The minimum Gasteiger partial charge on any atom is -0.314 e. The van der Waals surface area contributed by atoms with Crippen molar-refractivity contribution in [3.05, 3.63) is 0 Å². The number of rotatable bonds is 3. The van der Waals surface area contributed by atoms with Crippen molar-refractivity contribution in [3.8, 4) is 0 Å². The topological polar surface area (TPSA) is 12.0 Å². The van der Waals surface area contributed by atoms with E-state index in [1.54, 1.807) is 0 Å². The minimum atomic E-state index is 0.877. The van der Waals surface area contributed by atoms with Crippen molar-refractivity contribution >= 4 is 0 Å². The van der Waals surface area contributed by atoms with E-state index in [9.17, 15) is 0 Å². The Labute approximate surface area is 82.3 Å². The van der Waals surface area contributed by atoms with Crippen LogP contribution in [0.3, 0.4) is 0 Å². The quantitative estimate of drug-likeness (QED) is 0.705. The molecule has 2 aliphatic rings. The second-order valence-electron chi connectivity index (χ2n) is 4.87. The van der Waals surface area contributed by atoms with Gasteiger partial charge in [-0.2, -0.15) is 0 Å². The zero-order valence-electron chi connectivity index (χ0n) is 8.73. The van der Waals surface area contributed by atoms with Crippen LogP contribution in [0.1, 0.15) is 57.8 Å². The van der Waals surface area contributed by atoms with Crippen LogP contribution in [0, 0.1) is 5.92 Å². The van der Waals surface area contributed by atoms with Gasteiger partial charge in [0.25, 0.3) is 0 Å². The molecule has 0 bridgehead atoms. The predicted octanol–water partition coefficient (Wildman–Crippen LogP) is 3.10. The van der Waals surface area contributed by atoms with Gasteiger partial charge in [0.1, 0.15) is 0 Å². The lowest BCUT2D eigenvalue weighted by atomic mass is 9.85. The van der Waals surface area contributed by atoms with Crippen LogP contribution in [-0.2, 0) is 0 Å². The number of hydrogen-bond acceptors (Lipinski definition) is 1. The van der Waals surface area contributed by atoms with Gasteiger partial charge in [0.2, 0.25) is 0 Å². The molecule has 2 fully saturated rings. The smallest absolute Gasteiger partial charge is 0.00676 e. The van der Waals surface area contributed by atoms with E-state index in [-0.39, 0.29) is 0 Å². The highest BCUT2D eigenvalue weighted by Crippen LogP contribution is 2.28. The first-order valence-corrected chi connectivity index (χ1v) is 6.18. The number of nitrogens with one attached hydrogen (secondary N) is 1. The molecule has 0 spiro atoms. The minimum absolute atomic E-state index is 0.877. The standard InChI is InChI=1S/C12H23N/c1-2-5-11(6-3-1)8-9-12-7-4-10-13-12/h11-13H,1-10H2/t12-/m1/s1. The molecule has 0 amide bonds. The normalized spacial score (nSPS) is 30.9. The highest BCUT2D eigenvalue weighted by molar-refractivity contribution is 4.76. The molecule has 2 rings (SSSR count). The van der Waals surface area contributed by atoms with Crippen LogP contribution in [0.2, 0.25) is 0 Å². The first-order chi connectivity index (χ1) is 6.45. The van der Waals surface area contributed by atoms with E-state index in [1.807, 2.05) is 0 Å². The zero-order chi connectivity index (χ0) is 8.93. The summed E-state index contributed by atoms with van der Waals surface area (Å²) in [5.41, 5.74) is 0. The van der Waals surface area contributed by atoms with Crippen LogP contribution in [-0.4, -0.2) is 12.6 Å². The summed E-state index contributed by atoms with van der Waals surface area (Å²) in [6.45, 7) is 1.27. The molecular formula is C12H23N. The fourth-order valence-corrected chi connectivity index (χ4v) is 2.92. The molecule has 1 atom stereocenters. The molecule has 0 aromatic heterocycles. The fourth-order valence-electron chi connectivity index (χ4n) is 2.92. The van der Waals surface area contributed by atoms with Crippen molar-refractivity contribution < 1.29 is 0 Å². The van der Waals surface area contributed by atoms with E-state index in [0.717, 1.165) is 12.0 Å². The van der Waals surface area contributed by atoms with Gasteiger partial charge in [0.05, 0.1) is 0 Å². The summed E-state index contributed by atoms with van der Waals surface area (Å²) in [5.74, 6) is 1.08. The summed E-state index contributed by atoms with van der Waals surface area (Å²) in [7, 11) is 0. The summed E-state index contributed by atoms with van der Waals surface area (Å²) in [6, 6.07) is 0.877. The molecule has 0 aromatic carbocycles. The van der Waals surface area contributed by atoms with Gasteiger partial charge in [0.15, 0.2) is 0 Å². The third-order valence-electron chi connectivity index (χ3n) is 3.81. The van der Waals surface area contributed by atoms with E-state index in [1.165, 1.54) is 64.3 Å². The third kappa shape index (κ3) is 2.98. The first kappa shape index (κ1) is 9.51. The largest absolute Gasteiger partial charge is 0.314 e. The molecule has 1 heteroatoms. The lowest BCUT2D eigenvalue weighted by molar-refractivity contribution is 0.319. The zero-order valence-corrected chi connectivity index (χ0v) is 8.73. The monoisotopic (exact) mass is 181 g/mol. The Bertz CT molecular complexity index is 132. The van der Waals surface area contributed by atoms with E-state index in [2.05, 4.69) is 5.32 Å². The molecule has 0 unspecified atom stereocenters. The van der Waals surface area contributed by atoms with E-state index in [4.69, 9.17) is 0 Å². The average molecular weight is 181 g/mol. The van der Waals surface area contributed by atoms with E-state index >= 15 is 0 Å². The van der Waals surface area contributed by atoms with Crippen molar-refractivity contribution in [1.29, 1.82) is 0 Å². The SMILES string of the molecule is C1CCC(CC[C@H]2CCCN2)CC1. The van der Waals surface area contributed by atoms with Crippen LogP contribution >= 0.6 is 0 Å². The van der Waals surface area contributed by atoms with Crippen molar-refractivity contribution in [2.75, 3.05) is 6.54 Å². The number of hydrogen-bond donors (Lipinski definition) is 1. The Morgan fingerprint density at radius 2 is 1.69 bits per heavy atom. The predicted molar refractivity (Wildman–Crippen MR) is 56.8 cm³/mol. The molecule has 1 aliphatic heterocycles. The Hall–Kier alpha value is -0.0400.